The summed E-state index contributed by atoms with van der Waals surface area (Å²) in [5, 5.41) is 0. The Morgan fingerprint density at radius 2 is 1.65 bits per heavy atom. The number of ether oxygens (including phenoxy) is 2. The van der Waals surface area contributed by atoms with Crippen LogP contribution >= 0.6 is 0 Å². The van der Waals surface area contributed by atoms with Crippen LogP contribution in [0.2, 0.25) is 0 Å². The molecule has 1 atom stereocenters. The molecule has 1 saturated carbocycles. The predicted molar refractivity (Wildman–Crippen MR) is 72.0 cm³/mol. The van der Waals surface area contributed by atoms with Crippen molar-refractivity contribution in [2.45, 2.75) is 72.5 Å². The average Bonchev–Trinajstić information content (AvgIpc) is 2.25. The maximum absolute atomic E-state index is 5.78. The van der Waals surface area contributed by atoms with Crippen molar-refractivity contribution in [2.75, 3.05) is 13.2 Å². The van der Waals surface area contributed by atoms with Crippen molar-refractivity contribution in [1.29, 1.82) is 0 Å². The van der Waals surface area contributed by atoms with Crippen LogP contribution in [-0.4, -0.2) is 19.0 Å². The Labute approximate surface area is 107 Å². The normalized spacial score (nSPS) is 30.5. The molecule has 1 saturated heterocycles. The highest BCUT2D eigenvalue weighted by Gasteiger charge is 2.42. The summed E-state index contributed by atoms with van der Waals surface area (Å²) >= 11 is 0. The van der Waals surface area contributed by atoms with E-state index in [9.17, 15) is 0 Å². The first-order chi connectivity index (χ1) is 7.93. The third-order valence-corrected chi connectivity index (χ3v) is 3.64. The Morgan fingerprint density at radius 3 is 2.12 bits per heavy atom. The van der Waals surface area contributed by atoms with Gasteiger partial charge in [0.2, 0.25) is 0 Å². The van der Waals surface area contributed by atoms with Gasteiger partial charge in [-0.05, 0) is 32.6 Å². The molecular formula is C15H30O2. The fourth-order valence-corrected chi connectivity index (χ4v) is 2.77. The van der Waals surface area contributed by atoms with Crippen molar-refractivity contribution in [3.8, 4) is 0 Å². The molecule has 0 N–H and O–H groups in total. The molecule has 0 radical (unpaired) electrons. The molecule has 2 nitrogen and oxygen atoms in total. The predicted octanol–water partition coefficient (Wildman–Crippen LogP) is 4.38. The molecule has 1 spiro atoms. The minimum Gasteiger partial charge on any atom is -0.350 e. The zero-order valence-corrected chi connectivity index (χ0v) is 12.3. The second-order valence-electron chi connectivity index (χ2n) is 6.39. The summed E-state index contributed by atoms with van der Waals surface area (Å²) in [6.45, 7) is 12.4. The van der Waals surface area contributed by atoms with Crippen molar-refractivity contribution in [3.05, 3.63) is 0 Å². The molecule has 0 bridgehead atoms. The zero-order chi connectivity index (χ0) is 12.9. The first kappa shape index (κ1) is 15.0. The van der Waals surface area contributed by atoms with E-state index in [1.165, 1.54) is 32.1 Å². The molecule has 0 aromatic rings. The summed E-state index contributed by atoms with van der Waals surface area (Å²) in [5.74, 6) is 0.489. The summed E-state index contributed by atoms with van der Waals surface area (Å²) in [4.78, 5) is 0. The van der Waals surface area contributed by atoms with Gasteiger partial charge in [0.25, 0.3) is 0 Å². The molecule has 2 fully saturated rings. The minimum atomic E-state index is -0.355. The largest absolute Gasteiger partial charge is 0.350 e. The average molecular weight is 242 g/mol. The van der Waals surface area contributed by atoms with E-state index < -0.39 is 0 Å². The smallest absolute Gasteiger partial charge is 0.162 e. The Hall–Kier alpha value is -0.0800. The van der Waals surface area contributed by atoms with Crippen LogP contribution in [-0.2, 0) is 9.47 Å². The third-order valence-electron chi connectivity index (χ3n) is 3.64. The Bertz CT molecular complexity index is 213. The molecule has 0 aromatic carbocycles. The van der Waals surface area contributed by atoms with Crippen molar-refractivity contribution in [3.63, 3.8) is 0 Å². The lowest BCUT2D eigenvalue weighted by Crippen LogP contribution is -2.48. The number of hydrogen-bond acceptors (Lipinski definition) is 2. The van der Waals surface area contributed by atoms with Crippen LogP contribution in [0.5, 0.6) is 0 Å². The van der Waals surface area contributed by atoms with Crippen molar-refractivity contribution < 1.29 is 9.47 Å². The lowest BCUT2D eigenvalue weighted by Gasteiger charge is -2.47. The van der Waals surface area contributed by atoms with Crippen LogP contribution in [0.15, 0.2) is 0 Å². The van der Waals surface area contributed by atoms with E-state index in [4.69, 9.17) is 9.47 Å². The molecule has 1 aliphatic carbocycles. The van der Waals surface area contributed by atoms with E-state index in [0.29, 0.717) is 5.41 Å². The fourth-order valence-electron chi connectivity index (χ4n) is 2.77. The molecule has 0 amide bonds. The van der Waals surface area contributed by atoms with Crippen LogP contribution in [0.25, 0.3) is 0 Å². The highest BCUT2D eigenvalue weighted by Crippen LogP contribution is 2.43. The van der Waals surface area contributed by atoms with Gasteiger partial charge in [-0.25, -0.2) is 0 Å². The Morgan fingerprint density at radius 1 is 1.12 bits per heavy atom. The highest BCUT2D eigenvalue weighted by molar-refractivity contribution is 4.88. The Kier molecular flexibility index (Phi) is 5.46. The van der Waals surface area contributed by atoms with E-state index in [2.05, 4.69) is 20.8 Å². The van der Waals surface area contributed by atoms with Crippen LogP contribution in [0.4, 0.5) is 0 Å². The maximum Gasteiger partial charge on any atom is 0.162 e. The lowest BCUT2D eigenvalue weighted by atomic mass is 9.70. The molecule has 0 unspecified atom stereocenters. The SMILES string of the molecule is CCC.C[C@@H]1CCCC2(COC(C)(C)OC2)C1. The first-order valence-corrected chi connectivity index (χ1v) is 7.21. The van der Waals surface area contributed by atoms with E-state index in [1.54, 1.807) is 0 Å². The van der Waals surface area contributed by atoms with E-state index in [0.717, 1.165) is 19.1 Å². The molecule has 1 aliphatic heterocycles. The van der Waals surface area contributed by atoms with Gasteiger partial charge in [-0.3, -0.25) is 0 Å². The van der Waals surface area contributed by atoms with Gasteiger partial charge in [0.05, 0.1) is 13.2 Å². The molecule has 2 rings (SSSR count). The summed E-state index contributed by atoms with van der Waals surface area (Å²) in [5.41, 5.74) is 0.340. The van der Waals surface area contributed by atoms with E-state index >= 15 is 0 Å². The van der Waals surface area contributed by atoms with Gasteiger partial charge in [0.15, 0.2) is 5.79 Å². The number of hydrogen-bond donors (Lipinski definition) is 0. The summed E-state index contributed by atoms with van der Waals surface area (Å²) in [6, 6.07) is 0. The van der Waals surface area contributed by atoms with Gasteiger partial charge in [0.1, 0.15) is 0 Å². The number of rotatable bonds is 0. The molecule has 2 heteroatoms. The van der Waals surface area contributed by atoms with Gasteiger partial charge in [-0.1, -0.05) is 40.0 Å². The van der Waals surface area contributed by atoms with Gasteiger partial charge < -0.3 is 9.47 Å². The molecule has 1 heterocycles. The van der Waals surface area contributed by atoms with Gasteiger partial charge in [0, 0.05) is 5.41 Å². The third kappa shape index (κ3) is 4.59. The van der Waals surface area contributed by atoms with Crippen LogP contribution in [0.3, 0.4) is 0 Å². The second kappa shape index (κ2) is 6.19. The maximum atomic E-state index is 5.78. The van der Waals surface area contributed by atoms with Crippen molar-refractivity contribution in [1.82, 2.24) is 0 Å². The molecule has 0 aromatic heterocycles. The molecule has 2 aliphatic rings. The van der Waals surface area contributed by atoms with E-state index in [1.807, 2.05) is 13.8 Å². The zero-order valence-electron chi connectivity index (χ0n) is 12.3. The second-order valence-corrected chi connectivity index (χ2v) is 6.39. The van der Waals surface area contributed by atoms with Gasteiger partial charge in [-0.2, -0.15) is 0 Å². The van der Waals surface area contributed by atoms with Crippen molar-refractivity contribution >= 4 is 0 Å². The lowest BCUT2D eigenvalue weighted by molar-refractivity contribution is -0.291. The van der Waals surface area contributed by atoms with Crippen molar-refractivity contribution in [2.24, 2.45) is 11.3 Å². The van der Waals surface area contributed by atoms with Crippen LogP contribution in [0, 0.1) is 11.3 Å². The highest BCUT2D eigenvalue weighted by atomic mass is 16.7. The van der Waals surface area contributed by atoms with Crippen LogP contribution in [0.1, 0.15) is 66.7 Å². The standard InChI is InChI=1S/C12H22O2.C3H8/c1-10-5-4-6-12(7-10)8-13-11(2,3)14-9-12;1-3-2/h10H,4-9H2,1-3H3;3H2,1-2H3/t10-;/m1./s1. The summed E-state index contributed by atoms with van der Waals surface area (Å²) < 4.78 is 11.6. The van der Waals surface area contributed by atoms with E-state index in [-0.39, 0.29) is 5.79 Å². The Balaban J connectivity index is 0.000000437. The first-order valence-electron chi connectivity index (χ1n) is 7.21. The fraction of sp³-hybridized carbons (Fsp3) is 1.00. The quantitative estimate of drug-likeness (QED) is 0.627. The van der Waals surface area contributed by atoms with Gasteiger partial charge in [-0.15, -0.1) is 0 Å². The molecule has 17 heavy (non-hydrogen) atoms. The van der Waals surface area contributed by atoms with Crippen LogP contribution < -0.4 is 0 Å². The summed E-state index contributed by atoms with van der Waals surface area (Å²) in [7, 11) is 0. The molecular weight excluding hydrogens is 212 g/mol. The van der Waals surface area contributed by atoms with Gasteiger partial charge >= 0.3 is 0 Å². The topological polar surface area (TPSA) is 18.5 Å². The minimum absolute atomic E-state index is 0.340. The molecule has 102 valence electrons. The summed E-state index contributed by atoms with van der Waals surface area (Å²) in [6.07, 6.45) is 6.54. The monoisotopic (exact) mass is 242 g/mol.